The maximum absolute atomic E-state index is 11.5. The van der Waals surface area contributed by atoms with Gasteiger partial charge in [0.15, 0.2) is 9.84 Å². The predicted octanol–water partition coefficient (Wildman–Crippen LogP) is 0.515. The van der Waals surface area contributed by atoms with Gasteiger partial charge in [0.2, 0.25) is 0 Å². The second kappa shape index (κ2) is 3.00. The van der Waals surface area contributed by atoms with Crippen LogP contribution >= 0.6 is 0 Å². The van der Waals surface area contributed by atoms with Gasteiger partial charge in [0.05, 0.1) is 10.5 Å². The first kappa shape index (κ1) is 9.99. The zero-order valence-electron chi connectivity index (χ0n) is 8.00. The van der Waals surface area contributed by atoms with E-state index in [-0.39, 0.29) is 0 Å². The molecular formula is C8H17NO2S. The summed E-state index contributed by atoms with van der Waals surface area (Å²) < 4.78 is 22.5. The van der Waals surface area contributed by atoms with Crippen LogP contribution in [-0.4, -0.2) is 43.5 Å². The summed E-state index contributed by atoms with van der Waals surface area (Å²) in [4.78, 5) is 2.18. The van der Waals surface area contributed by atoms with Crippen molar-refractivity contribution in [1.29, 1.82) is 0 Å². The quantitative estimate of drug-likeness (QED) is 0.606. The molecule has 0 bridgehead atoms. The Hall–Kier alpha value is -0.0900. The van der Waals surface area contributed by atoms with Crippen molar-refractivity contribution in [3.05, 3.63) is 0 Å². The maximum atomic E-state index is 11.5. The molecule has 0 aromatic rings. The van der Waals surface area contributed by atoms with E-state index < -0.39 is 14.6 Å². The van der Waals surface area contributed by atoms with Crippen LogP contribution in [-0.2, 0) is 9.84 Å². The summed E-state index contributed by atoms with van der Waals surface area (Å²) in [5.41, 5.74) is 0. The first-order chi connectivity index (χ1) is 5.39. The summed E-state index contributed by atoms with van der Waals surface area (Å²) in [5, 5.41) is 0. The van der Waals surface area contributed by atoms with Crippen LogP contribution in [0, 0.1) is 0 Å². The molecule has 0 spiro atoms. The number of rotatable bonds is 1. The van der Waals surface area contributed by atoms with E-state index in [0.29, 0.717) is 18.8 Å². The van der Waals surface area contributed by atoms with Gasteiger partial charge in [-0.25, -0.2) is 8.42 Å². The SMILES string of the molecule is CCN1CCS(=O)(=O)C(C)(C)C1. The van der Waals surface area contributed by atoms with Gasteiger partial charge in [-0.3, -0.25) is 0 Å². The molecule has 0 saturated carbocycles. The molecule has 1 fully saturated rings. The minimum Gasteiger partial charge on any atom is -0.301 e. The molecule has 0 amide bonds. The molecule has 72 valence electrons. The van der Waals surface area contributed by atoms with E-state index >= 15 is 0 Å². The second-order valence-corrected chi connectivity index (χ2v) is 6.69. The third-order valence-corrected chi connectivity index (χ3v) is 5.10. The van der Waals surface area contributed by atoms with E-state index in [1.54, 1.807) is 0 Å². The third-order valence-electron chi connectivity index (χ3n) is 2.57. The summed E-state index contributed by atoms with van der Waals surface area (Å²) in [6.07, 6.45) is 0. The Kier molecular flexibility index (Phi) is 2.50. The van der Waals surface area contributed by atoms with Crippen LogP contribution in [0.4, 0.5) is 0 Å². The number of hydrogen-bond donors (Lipinski definition) is 0. The molecule has 3 nitrogen and oxygen atoms in total. The van der Waals surface area contributed by atoms with Crippen LogP contribution in [0.2, 0.25) is 0 Å². The molecule has 0 radical (unpaired) electrons. The summed E-state index contributed by atoms with van der Waals surface area (Å²) >= 11 is 0. The highest BCUT2D eigenvalue weighted by molar-refractivity contribution is 7.92. The highest BCUT2D eigenvalue weighted by atomic mass is 32.2. The second-order valence-electron chi connectivity index (χ2n) is 3.95. The standard InChI is InChI=1S/C8H17NO2S/c1-4-9-5-6-12(10,11)8(2,3)7-9/h4-7H2,1-3H3. The Labute approximate surface area is 74.7 Å². The molecule has 0 aromatic carbocycles. The predicted molar refractivity (Wildman–Crippen MR) is 50.0 cm³/mol. The minimum atomic E-state index is -2.85. The highest BCUT2D eigenvalue weighted by Gasteiger charge is 2.39. The molecule has 1 aliphatic heterocycles. The van der Waals surface area contributed by atoms with E-state index in [4.69, 9.17) is 0 Å². The largest absolute Gasteiger partial charge is 0.301 e. The molecule has 0 N–H and O–H groups in total. The average molecular weight is 191 g/mol. The summed E-state index contributed by atoms with van der Waals surface area (Å²) in [7, 11) is -2.85. The van der Waals surface area contributed by atoms with Gasteiger partial charge >= 0.3 is 0 Å². The summed E-state index contributed by atoms with van der Waals surface area (Å²) in [5.74, 6) is 0.313. The van der Waals surface area contributed by atoms with Gasteiger partial charge in [0.25, 0.3) is 0 Å². The Morgan fingerprint density at radius 2 is 2.00 bits per heavy atom. The number of nitrogens with zero attached hydrogens (tertiary/aromatic N) is 1. The fourth-order valence-corrected chi connectivity index (χ4v) is 2.94. The lowest BCUT2D eigenvalue weighted by Gasteiger charge is -2.36. The molecule has 12 heavy (non-hydrogen) atoms. The zero-order valence-corrected chi connectivity index (χ0v) is 8.82. The van der Waals surface area contributed by atoms with Gasteiger partial charge in [-0.2, -0.15) is 0 Å². The van der Waals surface area contributed by atoms with Crippen molar-refractivity contribution in [3.63, 3.8) is 0 Å². The lowest BCUT2D eigenvalue weighted by molar-refractivity contribution is 0.262. The molecule has 4 heteroatoms. The van der Waals surface area contributed by atoms with Gasteiger partial charge in [0, 0.05) is 13.1 Å². The molecule has 1 saturated heterocycles. The molecule has 0 aromatic heterocycles. The molecule has 0 aliphatic carbocycles. The maximum Gasteiger partial charge on any atom is 0.157 e. The normalized spacial score (nSPS) is 28.6. The fourth-order valence-electron chi connectivity index (χ4n) is 1.51. The Bertz CT molecular complexity index is 256. The van der Waals surface area contributed by atoms with Crippen molar-refractivity contribution in [2.75, 3.05) is 25.4 Å². The molecule has 0 atom stereocenters. The molecule has 1 rings (SSSR count). The van der Waals surface area contributed by atoms with Gasteiger partial charge in [-0.1, -0.05) is 6.92 Å². The highest BCUT2D eigenvalue weighted by Crippen LogP contribution is 2.23. The number of sulfone groups is 1. The van der Waals surface area contributed by atoms with Crippen LogP contribution in [0.1, 0.15) is 20.8 Å². The van der Waals surface area contributed by atoms with Gasteiger partial charge in [-0.15, -0.1) is 0 Å². The lowest BCUT2D eigenvalue weighted by atomic mass is 10.2. The Morgan fingerprint density at radius 3 is 2.42 bits per heavy atom. The number of hydrogen-bond acceptors (Lipinski definition) is 3. The van der Waals surface area contributed by atoms with Crippen LogP contribution in [0.3, 0.4) is 0 Å². The third kappa shape index (κ3) is 1.64. The van der Waals surface area contributed by atoms with Crippen molar-refractivity contribution >= 4 is 9.84 Å². The van der Waals surface area contributed by atoms with Crippen LogP contribution in [0.5, 0.6) is 0 Å². The van der Waals surface area contributed by atoms with Crippen LogP contribution < -0.4 is 0 Å². The smallest absolute Gasteiger partial charge is 0.157 e. The Morgan fingerprint density at radius 1 is 1.42 bits per heavy atom. The van der Waals surface area contributed by atoms with Crippen molar-refractivity contribution in [2.45, 2.75) is 25.5 Å². The molecule has 1 aliphatic rings. The average Bonchev–Trinajstić information content (AvgIpc) is 1.95. The fraction of sp³-hybridized carbons (Fsp3) is 1.00. The van der Waals surface area contributed by atoms with E-state index in [0.717, 1.165) is 6.54 Å². The van der Waals surface area contributed by atoms with E-state index in [9.17, 15) is 8.42 Å². The lowest BCUT2D eigenvalue weighted by Crippen LogP contribution is -2.52. The topological polar surface area (TPSA) is 37.4 Å². The van der Waals surface area contributed by atoms with Gasteiger partial charge in [0.1, 0.15) is 0 Å². The summed E-state index contributed by atoms with van der Waals surface area (Å²) in [6, 6.07) is 0. The first-order valence-electron chi connectivity index (χ1n) is 4.34. The van der Waals surface area contributed by atoms with E-state index in [1.807, 2.05) is 13.8 Å². The summed E-state index contributed by atoms with van der Waals surface area (Å²) in [6.45, 7) is 8.00. The van der Waals surface area contributed by atoms with Crippen molar-refractivity contribution in [2.24, 2.45) is 0 Å². The van der Waals surface area contributed by atoms with Crippen LogP contribution in [0.15, 0.2) is 0 Å². The van der Waals surface area contributed by atoms with Crippen molar-refractivity contribution in [3.8, 4) is 0 Å². The van der Waals surface area contributed by atoms with E-state index in [1.165, 1.54) is 0 Å². The first-order valence-corrected chi connectivity index (χ1v) is 5.99. The van der Waals surface area contributed by atoms with Crippen molar-refractivity contribution < 1.29 is 8.42 Å². The van der Waals surface area contributed by atoms with Crippen molar-refractivity contribution in [1.82, 2.24) is 4.90 Å². The monoisotopic (exact) mass is 191 g/mol. The van der Waals surface area contributed by atoms with Gasteiger partial charge in [-0.05, 0) is 20.4 Å². The molecule has 0 unspecified atom stereocenters. The Balaban J connectivity index is 2.82. The molecule has 1 heterocycles. The van der Waals surface area contributed by atoms with E-state index in [2.05, 4.69) is 11.8 Å². The zero-order chi connectivity index (χ0) is 9.41. The van der Waals surface area contributed by atoms with Crippen LogP contribution in [0.25, 0.3) is 0 Å². The molecular weight excluding hydrogens is 174 g/mol. The van der Waals surface area contributed by atoms with Gasteiger partial charge < -0.3 is 4.90 Å². The minimum absolute atomic E-state index is 0.313.